The molecule has 0 radical (unpaired) electrons. The number of amides is 1. The molecule has 3 aromatic rings. The van der Waals surface area contributed by atoms with E-state index in [1.54, 1.807) is 18.1 Å². The minimum absolute atomic E-state index is 0.0861. The van der Waals surface area contributed by atoms with Crippen LogP contribution in [-0.2, 0) is 0 Å². The summed E-state index contributed by atoms with van der Waals surface area (Å²) in [7, 11) is 0. The Bertz CT molecular complexity index is 1070. The van der Waals surface area contributed by atoms with Gasteiger partial charge in [-0.3, -0.25) is 10.2 Å². The maximum Gasteiger partial charge on any atom is 0.265 e. The first-order valence-electron chi connectivity index (χ1n) is 9.83. The minimum Gasteiger partial charge on any atom is -0.339 e. The summed E-state index contributed by atoms with van der Waals surface area (Å²) in [5.41, 5.74) is 7.07. The summed E-state index contributed by atoms with van der Waals surface area (Å²) in [6.07, 6.45) is 5.17. The van der Waals surface area contributed by atoms with Gasteiger partial charge in [0.1, 0.15) is 10.7 Å². The van der Waals surface area contributed by atoms with E-state index >= 15 is 0 Å². The van der Waals surface area contributed by atoms with E-state index < -0.39 is 0 Å². The van der Waals surface area contributed by atoms with E-state index in [4.69, 9.17) is 4.99 Å². The van der Waals surface area contributed by atoms with Crippen LogP contribution >= 0.6 is 11.8 Å². The number of imidazole rings is 1. The normalized spacial score (nSPS) is 16.3. The molecule has 0 aliphatic carbocycles. The Morgan fingerprint density at radius 1 is 1.07 bits per heavy atom. The van der Waals surface area contributed by atoms with Crippen LogP contribution < -0.4 is 5.43 Å². The molecule has 5 rings (SSSR count). The van der Waals surface area contributed by atoms with E-state index in [9.17, 15) is 4.79 Å². The topological polar surface area (TPSA) is 73.4 Å². The number of nitrogens with one attached hydrogen (secondary N) is 2. The molecule has 7 heteroatoms. The number of hydrogen-bond acceptors (Lipinski definition) is 5. The summed E-state index contributed by atoms with van der Waals surface area (Å²) in [6.45, 7) is 1.81. The maximum atomic E-state index is 12.8. The highest BCUT2D eigenvalue weighted by Crippen LogP contribution is 2.40. The molecule has 29 heavy (non-hydrogen) atoms. The average Bonchev–Trinajstić information content (AvgIpc) is 3.16. The van der Waals surface area contributed by atoms with Gasteiger partial charge < -0.3 is 4.98 Å². The number of aromatic amines is 1. The van der Waals surface area contributed by atoms with Crippen molar-refractivity contribution in [1.29, 1.82) is 0 Å². The molecular weight excluding hydrogens is 382 g/mol. The first-order valence-corrected chi connectivity index (χ1v) is 10.7. The molecule has 2 aromatic carbocycles. The smallest absolute Gasteiger partial charge is 0.265 e. The summed E-state index contributed by atoms with van der Waals surface area (Å²) >= 11 is 1.59. The third-order valence-electron chi connectivity index (χ3n) is 5.16. The van der Waals surface area contributed by atoms with Crippen LogP contribution in [0.3, 0.4) is 0 Å². The van der Waals surface area contributed by atoms with Gasteiger partial charge in [0, 0.05) is 29.1 Å². The quantitative estimate of drug-likeness (QED) is 0.538. The molecular formula is C22H21N5OS. The van der Waals surface area contributed by atoms with Gasteiger partial charge in [0.25, 0.3) is 5.91 Å². The number of hydrazine groups is 1. The van der Waals surface area contributed by atoms with Gasteiger partial charge in [-0.15, -0.1) is 0 Å². The van der Waals surface area contributed by atoms with Gasteiger partial charge in [-0.2, -0.15) is 0 Å². The van der Waals surface area contributed by atoms with Gasteiger partial charge in [-0.25, -0.2) is 15.0 Å². The third-order valence-corrected chi connectivity index (χ3v) is 6.24. The molecule has 3 heterocycles. The molecule has 0 unspecified atom stereocenters. The second kappa shape index (κ2) is 7.85. The second-order valence-corrected chi connectivity index (χ2v) is 8.23. The van der Waals surface area contributed by atoms with Crippen LogP contribution in [0.15, 0.2) is 69.8 Å². The lowest BCUT2D eigenvalue weighted by molar-refractivity contribution is 0.0750. The minimum atomic E-state index is -0.0861. The molecule has 1 amide bonds. The van der Waals surface area contributed by atoms with Crippen LogP contribution in [0.5, 0.6) is 0 Å². The van der Waals surface area contributed by atoms with E-state index in [-0.39, 0.29) is 5.91 Å². The second-order valence-electron chi connectivity index (χ2n) is 7.18. The summed E-state index contributed by atoms with van der Waals surface area (Å²) in [4.78, 5) is 26.4. The van der Waals surface area contributed by atoms with E-state index in [0.717, 1.165) is 58.5 Å². The van der Waals surface area contributed by atoms with Crippen LogP contribution in [0.1, 0.15) is 40.9 Å². The number of rotatable bonds is 3. The Balaban J connectivity index is 1.51. The summed E-state index contributed by atoms with van der Waals surface area (Å²) in [5.74, 6) is -0.0861. The van der Waals surface area contributed by atoms with E-state index in [1.165, 1.54) is 6.42 Å². The molecule has 2 aliphatic heterocycles. The molecule has 2 N–H and O–H groups in total. The fraction of sp³-hybridized carbons (Fsp3) is 0.227. The molecule has 6 nitrogen and oxygen atoms in total. The lowest BCUT2D eigenvalue weighted by Gasteiger charge is -2.26. The molecule has 0 spiro atoms. The van der Waals surface area contributed by atoms with Gasteiger partial charge in [0.15, 0.2) is 0 Å². The monoisotopic (exact) mass is 403 g/mol. The van der Waals surface area contributed by atoms with Gasteiger partial charge >= 0.3 is 0 Å². The molecule has 1 aromatic heterocycles. The molecule has 0 atom stereocenters. The predicted molar refractivity (Wildman–Crippen MR) is 114 cm³/mol. The molecule has 1 fully saturated rings. The van der Waals surface area contributed by atoms with Crippen molar-refractivity contribution in [3.05, 3.63) is 71.7 Å². The lowest BCUT2D eigenvalue weighted by Crippen LogP contribution is -2.45. The number of aromatic nitrogens is 2. The SMILES string of the molecule is O=C(NN1CCCCC1)c1ccc2c(c1)N=C(c1ccccc1)c1nc[nH]c1S2. The lowest BCUT2D eigenvalue weighted by atomic mass is 10.1. The number of piperidine rings is 1. The Morgan fingerprint density at radius 2 is 1.90 bits per heavy atom. The van der Waals surface area contributed by atoms with E-state index in [0.29, 0.717) is 5.56 Å². The van der Waals surface area contributed by atoms with Crippen LogP contribution in [0, 0.1) is 0 Å². The number of H-pyrrole nitrogens is 1. The summed E-state index contributed by atoms with van der Waals surface area (Å²) in [5, 5.41) is 2.97. The van der Waals surface area contributed by atoms with Crippen molar-refractivity contribution in [2.24, 2.45) is 4.99 Å². The number of carbonyl (C=O) groups excluding carboxylic acids is 1. The highest BCUT2D eigenvalue weighted by molar-refractivity contribution is 7.99. The van der Waals surface area contributed by atoms with Gasteiger partial charge in [0.2, 0.25) is 0 Å². The van der Waals surface area contributed by atoms with E-state index in [1.807, 2.05) is 53.5 Å². The molecule has 1 saturated heterocycles. The fourth-order valence-electron chi connectivity index (χ4n) is 3.66. The standard InChI is InChI=1S/C22H21N5OS/c28-21(26-27-11-5-2-6-12-27)16-9-10-18-17(13-16)25-19(15-7-3-1-4-8-15)20-22(29-18)24-14-23-20/h1,3-4,7-10,13-14H,2,5-6,11-12H2,(H,23,24)(H,26,28). The molecule has 146 valence electrons. The van der Waals surface area contributed by atoms with Crippen molar-refractivity contribution in [3.8, 4) is 0 Å². The number of benzene rings is 2. The third kappa shape index (κ3) is 3.71. The largest absolute Gasteiger partial charge is 0.339 e. The number of hydrogen-bond donors (Lipinski definition) is 2. The number of aliphatic imine (C=N–C) groups is 1. The van der Waals surface area contributed by atoms with Crippen LogP contribution in [0.2, 0.25) is 0 Å². The first-order chi connectivity index (χ1) is 14.3. The Labute approximate surface area is 173 Å². The van der Waals surface area contributed by atoms with Crippen molar-refractivity contribution in [3.63, 3.8) is 0 Å². The van der Waals surface area contributed by atoms with E-state index in [2.05, 4.69) is 15.4 Å². The Hall–Kier alpha value is -2.90. The summed E-state index contributed by atoms with van der Waals surface area (Å²) in [6, 6.07) is 15.7. The maximum absolute atomic E-state index is 12.8. The van der Waals surface area contributed by atoms with Crippen LogP contribution in [0.25, 0.3) is 0 Å². The fourth-order valence-corrected chi connectivity index (χ4v) is 4.58. The van der Waals surface area contributed by atoms with Crippen molar-refractivity contribution >= 4 is 29.1 Å². The van der Waals surface area contributed by atoms with Crippen molar-refractivity contribution in [2.45, 2.75) is 29.2 Å². The number of nitrogens with zero attached hydrogens (tertiary/aromatic N) is 3. The number of carbonyl (C=O) groups is 1. The van der Waals surface area contributed by atoms with Gasteiger partial charge in [-0.1, -0.05) is 48.5 Å². The first kappa shape index (κ1) is 18.1. The van der Waals surface area contributed by atoms with Crippen molar-refractivity contribution in [1.82, 2.24) is 20.4 Å². The zero-order valence-corrected chi connectivity index (χ0v) is 16.7. The zero-order valence-electron chi connectivity index (χ0n) is 15.9. The molecule has 2 aliphatic rings. The summed E-state index contributed by atoms with van der Waals surface area (Å²) < 4.78 is 0. The molecule has 0 bridgehead atoms. The van der Waals surface area contributed by atoms with Gasteiger partial charge in [0.05, 0.1) is 17.7 Å². The van der Waals surface area contributed by atoms with Crippen LogP contribution in [0.4, 0.5) is 5.69 Å². The van der Waals surface area contributed by atoms with Gasteiger partial charge in [-0.05, 0) is 31.0 Å². The number of fused-ring (bicyclic) bond motifs is 2. The zero-order chi connectivity index (χ0) is 19.6. The van der Waals surface area contributed by atoms with Crippen molar-refractivity contribution in [2.75, 3.05) is 13.1 Å². The Morgan fingerprint density at radius 3 is 2.72 bits per heavy atom. The highest BCUT2D eigenvalue weighted by atomic mass is 32.2. The Kier molecular flexibility index (Phi) is 4.91. The van der Waals surface area contributed by atoms with Crippen LogP contribution in [-0.4, -0.2) is 39.7 Å². The predicted octanol–water partition coefficient (Wildman–Crippen LogP) is 4.17. The highest BCUT2D eigenvalue weighted by Gasteiger charge is 2.22. The average molecular weight is 404 g/mol. The van der Waals surface area contributed by atoms with Crippen molar-refractivity contribution < 1.29 is 4.79 Å². The molecule has 0 saturated carbocycles.